The summed E-state index contributed by atoms with van der Waals surface area (Å²) < 4.78 is -0.251. The van der Waals surface area contributed by atoms with Gasteiger partial charge in [-0.25, -0.2) is 0 Å². The van der Waals surface area contributed by atoms with Crippen LogP contribution in [0.5, 0.6) is 0 Å². The molecule has 114 valence electrons. The molecule has 0 spiro atoms. The van der Waals surface area contributed by atoms with Crippen LogP contribution in [0.4, 0.5) is 0 Å². The Bertz CT molecular complexity index is 465. The molecule has 1 aromatic rings. The van der Waals surface area contributed by atoms with Gasteiger partial charge in [0.1, 0.15) is 0 Å². The fraction of sp³-hybridized carbons (Fsp3) is 0.588. The van der Waals surface area contributed by atoms with Crippen molar-refractivity contribution < 1.29 is 4.79 Å². The molecule has 1 amide bonds. The van der Waals surface area contributed by atoms with E-state index in [1.165, 1.54) is 4.90 Å². The van der Waals surface area contributed by atoms with Gasteiger partial charge in [-0.05, 0) is 44.4 Å². The molecule has 3 rings (SSSR count). The van der Waals surface area contributed by atoms with Gasteiger partial charge in [-0.2, -0.15) is 0 Å². The minimum atomic E-state index is -0.251. The van der Waals surface area contributed by atoms with Crippen LogP contribution in [0.1, 0.15) is 38.5 Å². The van der Waals surface area contributed by atoms with Crippen LogP contribution in [0.15, 0.2) is 35.2 Å². The van der Waals surface area contributed by atoms with Crippen LogP contribution in [-0.2, 0) is 4.79 Å². The number of thioether (sulfide) groups is 1. The lowest BCUT2D eigenvalue weighted by Crippen LogP contribution is -2.51. The van der Waals surface area contributed by atoms with Crippen LogP contribution in [0, 0.1) is 0 Å². The summed E-state index contributed by atoms with van der Waals surface area (Å²) in [6, 6.07) is 10.7. The molecule has 1 aliphatic carbocycles. The maximum absolute atomic E-state index is 12.9. The molecular weight excluding hydrogens is 280 g/mol. The maximum atomic E-state index is 12.9. The first kappa shape index (κ1) is 14.9. The molecule has 4 heteroatoms. The summed E-state index contributed by atoms with van der Waals surface area (Å²) in [6.45, 7) is 1.99. The Balaban J connectivity index is 1.69. The van der Waals surface area contributed by atoms with E-state index in [-0.39, 0.29) is 10.7 Å². The van der Waals surface area contributed by atoms with Crippen molar-refractivity contribution in [1.29, 1.82) is 0 Å². The van der Waals surface area contributed by atoms with Crippen molar-refractivity contribution in [3.8, 4) is 0 Å². The Hall–Kier alpha value is -1.00. The fourth-order valence-corrected chi connectivity index (χ4v) is 4.72. The molecule has 1 saturated carbocycles. The van der Waals surface area contributed by atoms with E-state index in [9.17, 15) is 4.79 Å². The van der Waals surface area contributed by atoms with Gasteiger partial charge in [0.15, 0.2) is 0 Å². The zero-order valence-electron chi connectivity index (χ0n) is 12.4. The molecule has 2 N–H and O–H groups in total. The van der Waals surface area contributed by atoms with Crippen LogP contribution in [-0.4, -0.2) is 29.8 Å². The van der Waals surface area contributed by atoms with E-state index < -0.39 is 0 Å². The normalized spacial score (nSPS) is 24.7. The van der Waals surface area contributed by atoms with Crippen LogP contribution >= 0.6 is 11.8 Å². The van der Waals surface area contributed by atoms with Crippen LogP contribution in [0.25, 0.3) is 0 Å². The standard InChI is InChI=1S/C17H24N2OS/c20-16(19-14-7-6-12-18-13-14)17(10-4-5-11-17)21-15-8-2-1-3-9-15/h1-3,8-9,14,18H,4-7,10-13H2,(H,19,20). The number of amides is 1. The summed E-state index contributed by atoms with van der Waals surface area (Å²) in [7, 11) is 0. The molecule has 0 aromatic heterocycles. The minimum absolute atomic E-state index is 0.251. The summed E-state index contributed by atoms with van der Waals surface area (Å²) in [6.07, 6.45) is 6.58. The molecule has 21 heavy (non-hydrogen) atoms. The number of carbonyl (C=O) groups is 1. The van der Waals surface area contributed by atoms with Gasteiger partial charge in [0, 0.05) is 17.5 Å². The minimum Gasteiger partial charge on any atom is -0.351 e. The topological polar surface area (TPSA) is 41.1 Å². The van der Waals surface area contributed by atoms with Gasteiger partial charge in [-0.15, -0.1) is 11.8 Å². The lowest BCUT2D eigenvalue weighted by Gasteiger charge is -2.31. The highest BCUT2D eigenvalue weighted by molar-refractivity contribution is 8.01. The van der Waals surface area contributed by atoms with E-state index in [0.717, 1.165) is 51.6 Å². The number of piperidine rings is 1. The molecular formula is C17H24N2OS. The van der Waals surface area contributed by atoms with Crippen molar-refractivity contribution in [2.75, 3.05) is 13.1 Å². The second kappa shape index (κ2) is 6.84. The zero-order valence-corrected chi connectivity index (χ0v) is 13.3. The largest absolute Gasteiger partial charge is 0.351 e. The van der Waals surface area contributed by atoms with Crippen molar-refractivity contribution in [1.82, 2.24) is 10.6 Å². The maximum Gasteiger partial charge on any atom is 0.236 e. The Morgan fingerprint density at radius 1 is 1.19 bits per heavy atom. The molecule has 0 bridgehead atoms. The fourth-order valence-electron chi connectivity index (χ4n) is 3.33. The molecule has 3 nitrogen and oxygen atoms in total. The molecule has 1 aromatic carbocycles. The van der Waals surface area contributed by atoms with Gasteiger partial charge in [0.2, 0.25) is 5.91 Å². The van der Waals surface area contributed by atoms with E-state index in [0.29, 0.717) is 6.04 Å². The van der Waals surface area contributed by atoms with Gasteiger partial charge in [0.05, 0.1) is 4.75 Å². The second-order valence-corrected chi connectivity index (χ2v) is 7.59. The van der Waals surface area contributed by atoms with Crippen molar-refractivity contribution >= 4 is 17.7 Å². The van der Waals surface area contributed by atoms with Crippen molar-refractivity contribution in [3.05, 3.63) is 30.3 Å². The molecule has 2 fully saturated rings. The summed E-state index contributed by atoms with van der Waals surface area (Å²) in [5, 5.41) is 6.67. The van der Waals surface area contributed by atoms with Crippen molar-refractivity contribution in [2.45, 2.75) is 54.2 Å². The average molecular weight is 304 g/mol. The lowest BCUT2D eigenvalue weighted by atomic mass is 10.0. The molecule has 1 heterocycles. The van der Waals surface area contributed by atoms with Crippen LogP contribution < -0.4 is 10.6 Å². The number of hydrogen-bond acceptors (Lipinski definition) is 3. The molecule has 1 atom stereocenters. The Kier molecular flexibility index (Phi) is 4.86. The Morgan fingerprint density at radius 3 is 2.62 bits per heavy atom. The first-order valence-electron chi connectivity index (χ1n) is 8.04. The quantitative estimate of drug-likeness (QED) is 0.898. The molecule has 1 aliphatic heterocycles. The van der Waals surface area contributed by atoms with Crippen LogP contribution in [0.2, 0.25) is 0 Å². The molecule has 1 unspecified atom stereocenters. The van der Waals surface area contributed by atoms with E-state index in [1.807, 2.05) is 18.2 Å². The molecule has 2 aliphatic rings. The highest BCUT2D eigenvalue weighted by atomic mass is 32.2. The van der Waals surface area contributed by atoms with Crippen LogP contribution in [0.3, 0.4) is 0 Å². The highest BCUT2D eigenvalue weighted by Gasteiger charge is 2.42. The number of nitrogens with one attached hydrogen (secondary N) is 2. The summed E-state index contributed by atoms with van der Waals surface area (Å²) in [5.41, 5.74) is 0. The first-order chi connectivity index (χ1) is 10.3. The summed E-state index contributed by atoms with van der Waals surface area (Å²) in [5.74, 6) is 0.252. The van der Waals surface area contributed by atoms with E-state index in [2.05, 4.69) is 22.8 Å². The predicted octanol–water partition coefficient (Wildman–Crippen LogP) is 2.96. The predicted molar refractivity (Wildman–Crippen MR) is 87.5 cm³/mol. The van der Waals surface area contributed by atoms with Gasteiger partial charge in [0.25, 0.3) is 0 Å². The smallest absolute Gasteiger partial charge is 0.236 e. The van der Waals surface area contributed by atoms with Gasteiger partial charge in [-0.1, -0.05) is 31.0 Å². The number of hydrogen-bond donors (Lipinski definition) is 2. The molecule has 0 radical (unpaired) electrons. The third-order valence-corrected chi connectivity index (χ3v) is 6.01. The second-order valence-electron chi connectivity index (χ2n) is 6.13. The number of rotatable bonds is 4. The Labute approximate surface area is 131 Å². The third kappa shape index (κ3) is 3.61. The number of carbonyl (C=O) groups excluding carboxylic acids is 1. The molecule has 1 saturated heterocycles. The average Bonchev–Trinajstić information content (AvgIpc) is 2.99. The zero-order chi connectivity index (χ0) is 14.5. The first-order valence-corrected chi connectivity index (χ1v) is 8.86. The van der Waals surface area contributed by atoms with E-state index in [1.54, 1.807) is 11.8 Å². The van der Waals surface area contributed by atoms with E-state index in [4.69, 9.17) is 0 Å². The van der Waals surface area contributed by atoms with Gasteiger partial charge < -0.3 is 10.6 Å². The summed E-state index contributed by atoms with van der Waals surface area (Å²) >= 11 is 1.76. The van der Waals surface area contributed by atoms with Crippen molar-refractivity contribution in [3.63, 3.8) is 0 Å². The monoisotopic (exact) mass is 304 g/mol. The summed E-state index contributed by atoms with van der Waals surface area (Å²) in [4.78, 5) is 14.1. The van der Waals surface area contributed by atoms with Crippen molar-refractivity contribution in [2.24, 2.45) is 0 Å². The number of benzene rings is 1. The highest BCUT2D eigenvalue weighted by Crippen LogP contribution is 2.45. The third-order valence-electron chi connectivity index (χ3n) is 4.51. The SMILES string of the molecule is O=C(NC1CCCNC1)C1(Sc2ccccc2)CCCC1. The van der Waals surface area contributed by atoms with Gasteiger partial charge >= 0.3 is 0 Å². The lowest BCUT2D eigenvalue weighted by molar-refractivity contribution is -0.124. The Morgan fingerprint density at radius 2 is 1.95 bits per heavy atom. The van der Waals surface area contributed by atoms with E-state index >= 15 is 0 Å². The van der Waals surface area contributed by atoms with Gasteiger partial charge in [-0.3, -0.25) is 4.79 Å².